The van der Waals surface area contributed by atoms with E-state index >= 15 is 0 Å². The van der Waals surface area contributed by atoms with Crippen molar-refractivity contribution in [2.45, 2.75) is 64.4 Å². The molecule has 1 atom stereocenters. The van der Waals surface area contributed by atoms with Gasteiger partial charge in [-0.05, 0) is 55.4 Å². The van der Waals surface area contributed by atoms with Crippen LogP contribution < -0.4 is 4.74 Å². The van der Waals surface area contributed by atoms with Crippen molar-refractivity contribution in [1.29, 1.82) is 5.26 Å². The molecule has 2 aromatic carbocycles. The van der Waals surface area contributed by atoms with Crippen molar-refractivity contribution < 1.29 is 9.53 Å². The largest absolute Gasteiger partial charge is 0.486 e. The first kappa shape index (κ1) is 20.1. The number of fused-ring (bicyclic) bond motifs is 1. The minimum Gasteiger partial charge on any atom is -0.486 e. The first-order chi connectivity index (χ1) is 13.7. The zero-order valence-corrected chi connectivity index (χ0v) is 16.9. The van der Waals surface area contributed by atoms with Gasteiger partial charge in [0.05, 0.1) is 17.6 Å². The Morgan fingerprint density at radius 1 is 1.04 bits per heavy atom. The third-order valence-corrected chi connectivity index (χ3v) is 5.86. The van der Waals surface area contributed by atoms with E-state index < -0.39 is 5.60 Å². The normalized spacial score (nSPS) is 19.6. The van der Waals surface area contributed by atoms with Gasteiger partial charge in [-0.25, -0.2) is 0 Å². The van der Waals surface area contributed by atoms with Crippen LogP contribution in [-0.4, -0.2) is 11.4 Å². The lowest BCUT2D eigenvalue weighted by Crippen LogP contribution is -2.51. The number of hydrogen-bond donors (Lipinski definition) is 0. The fourth-order valence-electron chi connectivity index (χ4n) is 4.54. The highest BCUT2D eigenvalue weighted by Gasteiger charge is 2.49. The molecule has 3 nitrogen and oxygen atoms in total. The number of carbonyl (C=O) groups is 1. The van der Waals surface area contributed by atoms with E-state index in [1.807, 2.05) is 50.2 Å². The van der Waals surface area contributed by atoms with Gasteiger partial charge in [0.15, 0.2) is 5.78 Å². The fraction of sp³-hybridized carbons (Fsp3) is 0.440. The molecule has 1 spiro atoms. The van der Waals surface area contributed by atoms with E-state index in [1.54, 1.807) is 0 Å². The van der Waals surface area contributed by atoms with Crippen molar-refractivity contribution in [1.82, 2.24) is 0 Å². The molecular formula is C25H29NO2. The molecule has 146 valence electrons. The summed E-state index contributed by atoms with van der Waals surface area (Å²) in [4.78, 5) is 13.3. The summed E-state index contributed by atoms with van der Waals surface area (Å²) in [5, 5.41) is 9.03. The van der Waals surface area contributed by atoms with Gasteiger partial charge in [0.1, 0.15) is 11.4 Å². The molecule has 0 bridgehead atoms. The van der Waals surface area contributed by atoms with Crippen LogP contribution in [0.4, 0.5) is 0 Å². The molecule has 0 saturated heterocycles. The van der Waals surface area contributed by atoms with Crippen molar-refractivity contribution in [3.8, 4) is 22.9 Å². The second-order valence-corrected chi connectivity index (χ2v) is 7.42. The van der Waals surface area contributed by atoms with Crippen molar-refractivity contribution in [2.24, 2.45) is 5.92 Å². The monoisotopic (exact) mass is 375 g/mol. The molecule has 28 heavy (non-hydrogen) atoms. The lowest BCUT2D eigenvalue weighted by molar-refractivity contribution is -0.0278. The van der Waals surface area contributed by atoms with Crippen LogP contribution in [0.1, 0.15) is 69.2 Å². The van der Waals surface area contributed by atoms with Crippen LogP contribution in [0.25, 0.3) is 11.1 Å². The molecule has 2 aliphatic rings. The highest BCUT2D eigenvalue weighted by Crippen LogP contribution is 2.47. The molecule has 0 radical (unpaired) electrons. The Labute approximate surface area is 168 Å². The zero-order chi connectivity index (χ0) is 20.0. The van der Waals surface area contributed by atoms with Gasteiger partial charge in [-0.2, -0.15) is 5.26 Å². The molecule has 1 aliphatic heterocycles. The lowest BCUT2D eigenvalue weighted by atomic mass is 9.69. The second kappa shape index (κ2) is 9.06. The average Bonchev–Trinajstić information content (AvgIpc) is 2.76. The Hall–Kier alpha value is -2.60. The summed E-state index contributed by atoms with van der Waals surface area (Å²) in [6, 6.07) is 18.3. The predicted octanol–water partition coefficient (Wildman–Crippen LogP) is 6.58. The molecule has 0 N–H and O–H groups in total. The van der Waals surface area contributed by atoms with Crippen LogP contribution in [0.5, 0.6) is 5.75 Å². The summed E-state index contributed by atoms with van der Waals surface area (Å²) in [5.74, 6) is 0.673. The fourth-order valence-corrected chi connectivity index (χ4v) is 4.54. The molecule has 0 aromatic heterocycles. The highest BCUT2D eigenvalue weighted by molar-refractivity contribution is 6.02. The van der Waals surface area contributed by atoms with Gasteiger partial charge in [-0.3, -0.25) is 4.79 Å². The lowest BCUT2D eigenvalue weighted by Gasteiger charge is -2.46. The topological polar surface area (TPSA) is 50.1 Å². The first-order valence-corrected chi connectivity index (χ1v) is 10.5. The number of hydrogen-bond acceptors (Lipinski definition) is 3. The van der Waals surface area contributed by atoms with E-state index in [0.717, 1.165) is 36.8 Å². The number of nitrogens with zero attached hydrogens (tertiary/aromatic N) is 1. The number of ether oxygens (including phenoxy) is 1. The van der Waals surface area contributed by atoms with Crippen LogP contribution in [0, 0.1) is 17.2 Å². The van der Waals surface area contributed by atoms with Gasteiger partial charge in [-0.15, -0.1) is 0 Å². The minimum absolute atomic E-state index is 0.156. The number of rotatable bonds is 3. The second-order valence-electron chi connectivity index (χ2n) is 7.42. The average molecular weight is 376 g/mol. The van der Waals surface area contributed by atoms with E-state index in [4.69, 9.17) is 10.00 Å². The van der Waals surface area contributed by atoms with E-state index in [9.17, 15) is 4.79 Å². The minimum atomic E-state index is -0.422. The van der Waals surface area contributed by atoms with Crippen LogP contribution in [0.3, 0.4) is 0 Å². The zero-order valence-electron chi connectivity index (χ0n) is 16.9. The molecule has 3 heteroatoms. The van der Waals surface area contributed by atoms with Crippen molar-refractivity contribution in [2.75, 3.05) is 0 Å². The van der Waals surface area contributed by atoms with Crippen LogP contribution in [0.2, 0.25) is 0 Å². The number of benzene rings is 2. The SMILES string of the molecule is CC.N#CCCC1C(=O)c2ccc(-c3ccccc3)cc2OC12CCCCC2. The van der Waals surface area contributed by atoms with Gasteiger partial charge >= 0.3 is 0 Å². The maximum atomic E-state index is 13.3. The summed E-state index contributed by atoms with van der Waals surface area (Å²) in [5.41, 5.74) is 2.44. The van der Waals surface area contributed by atoms with Gasteiger partial charge in [0.25, 0.3) is 0 Å². The Bertz CT molecular complexity index is 845. The van der Waals surface area contributed by atoms with Gasteiger partial charge in [0, 0.05) is 6.42 Å². The Morgan fingerprint density at radius 2 is 1.75 bits per heavy atom. The summed E-state index contributed by atoms with van der Waals surface area (Å²) >= 11 is 0. The Morgan fingerprint density at radius 3 is 2.43 bits per heavy atom. The number of Topliss-reactive ketones (excluding diaryl/α,β-unsaturated/α-hetero) is 1. The summed E-state index contributed by atoms with van der Waals surface area (Å²) in [6.07, 6.45) is 6.18. The van der Waals surface area contributed by atoms with E-state index in [1.165, 1.54) is 6.42 Å². The Kier molecular flexibility index (Phi) is 6.52. The molecule has 1 heterocycles. The van der Waals surface area contributed by atoms with Gasteiger partial charge in [-0.1, -0.05) is 56.7 Å². The summed E-state index contributed by atoms with van der Waals surface area (Å²) in [6.45, 7) is 4.00. The molecule has 1 fully saturated rings. The quantitative estimate of drug-likeness (QED) is 0.609. The molecule has 2 aromatic rings. The van der Waals surface area contributed by atoms with Crippen molar-refractivity contribution in [3.05, 3.63) is 54.1 Å². The number of nitriles is 1. The van der Waals surface area contributed by atoms with E-state index in [0.29, 0.717) is 24.2 Å². The number of carbonyl (C=O) groups excluding carboxylic acids is 1. The van der Waals surface area contributed by atoms with Crippen molar-refractivity contribution in [3.63, 3.8) is 0 Å². The predicted molar refractivity (Wildman–Crippen MR) is 112 cm³/mol. The first-order valence-electron chi connectivity index (χ1n) is 10.5. The molecule has 1 aliphatic carbocycles. The van der Waals surface area contributed by atoms with E-state index in [-0.39, 0.29) is 11.7 Å². The van der Waals surface area contributed by atoms with Crippen LogP contribution in [0.15, 0.2) is 48.5 Å². The smallest absolute Gasteiger partial charge is 0.173 e. The van der Waals surface area contributed by atoms with Gasteiger partial charge in [0.2, 0.25) is 0 Å². The van der Waals surface area contributed by atoms with Crippen LogP contribution in [-0.2, 0) is 0 Å². The van der Waals surface area contributed by atoms with Crippen LogP contribution >= 0.6 is 0 Å². The highest BCUT2D eigenvalue weighted by atomic mass is 16.5. The molecular weight excluding hydrogens is 346 g/mol. The Balaban J connectivity index is 0.00000109. The summed E-state index contributed by atoms with van der Waals surface area (Å²) in [7, 11) is 0. The molecule has 1 unspecified atom stereocenters. The third-order valence-electron chi connectivity index (χ3n) is 5.86. The standard InChI is InChI=1S/C23H23NO2.C2H6/c24-15-7-10-20-22(25)19-12-11-18(17-8-3-1-4-9-17)16-21(19)26-23(20)13-5-2-6-14-23;1-2/h1,3-4,8-9,11-12,16,20H,2,5-7,10,13-14H2;1-2H3. The van der Waals surface area contributed by atoms with E-state index in [2.05, 4.69) is 18.2 Å². The summed E-state index contributed by atoms with van der Waals surface area (Å²) < 4.78 is 6.57. The molecule has 1 saturated carbocycles. The maximum absolute atomic E-state index is 13.3. The molecule has 4 rings (SSSR count). The number of ketones is 1. The maximum Gasteiger partial charge on any atom is 0.173 e. The van der Waals surface area contributed by atoms with Crippen molar-refractivity contribution >= 4 is 5.78 Å². The molecule has 0 amide bonds. The van der Waals surface area contributed by atoms with Gasteiger partial charge < -0.3 is 4.74 Å². The third kappa shape index (κ3) is 3.83.